The van der Waals surface area contributed by atoms with Crippen LogP contribution in [-0.2, 0) is 14.2 Å². The molecule has 1 aliphatic heterocycles. The van der Waals surface area contributed by atoms with Crippen LogP contribution in [0.2, 0.25) is 0 Å². The summed E-state index contributed by atoms with van der Waals surface area (Å²) in [7, 11) is 0. The summed E-state index contributed by atoms with van der Waals surface area (Å²) in [6.45, 7) is 11.7. The normalized spacial score (nSPS) is 21.6. The highest BCUT2D eigenvalue weighted by Gasteiger charge is 2.29. The van der Waals surface area contributed by atoms with E-state index in [2.05, 4.69) is 13.8 Å². The van der Waals surface area contributed by atoms with E-state index in [1.165, 1.54) is 38.5 Å². The molecule has 0 bridgehead atoms. The van der Waals surface area contributed by atoms with Gasteiger partial charge in [0.25, 0.3) is 0 Å². The number of unbranched alkanes of at least 4 members (excludes halogenated alkanes) is 5. The third-order valence-corrected chi connectivity index (χ3v) is 3.50. The largest absolute Gasteiger partial charge is 0.382 e. The van der Waals surface area contributed by atoms with E-state index in [0.717, 1.165) is 39.3 Å². The SMILES string of the molecule is CCCCCCCCOC1(C)CCCO1.CCOCC. The fourth-order valence-corrected chi connectivity index (χ4v) is 2.24. The molecule has 0 N–H and O–H groups in total. The maximum atomic E-state index is 5.77. The minimum absolute atomic E-state index is 0.260. The summed E-state index contributed by atoms with van der Waals surface area (Å²) in [5.74, 6) is -0.260. The summed E-state index contributed by atoms with van der Waals surface area (Å²) < 4.78 is 16.2. The van der Waals surface area contributed by atoms with Crippen molar-refractivity contribution >= 4 is 0 Å². The second-order valence-corrected chi connectivity index (χ2v) is 5.48. The van der Waals surface area contributed by atoms with E-state index in [1.807, 2.05) is 13.8 Å². The van der Waals surface area contributed by atoms with Gasteiger partial charge in [0.05, 0.1) is 13.2 Å². The lowest BCUT2D eigenvalue weighted by Crippen LogP contribution is -2.27. The highest BCUT2D eigenvalue weighted by Crippen LogP contribution is 2.26. The summed E-state index contributed by atoms with van der Waals surface area (Å²) in [6.07, 6.45) is 10.1. The van der Waals surface area contributed by atoms with Gasteiger partial charge < -0.3 is 14.2 Å². The van der Waals surface area contributed by atoms with Crippen molar-refractivity contribution in [3.8, 4) is 0 Å². The molecule has 0 amide bonds. The number of ether oxygens (including phenoxy) is 3. The Morgan fingerprint density at radius 3 is 2.10 bits per heavy atom. The molecule has 1 saturated heterocycles. The first kappa shape index (κ1) is 19.9. The Morgan fingerprint density at radius 1 is 0.950 bits per heavy atom. The van der Waals surface area contributed by atoms with Gasteiger partial charge in [-0.1, -0.05) is 39.0 Å². The highest BCUT2D eigenvalue weighted by atomic mass is 16.7. The molecule has 0 aromatic heterocycles. The fraction of sp³-hybridized carbons (Fsp3) is 1.00. The van der Waals surface area contributed by atoms with E-state index in [4.69, 9.17) is 14.2 Å². The van der Waals surface area contributed by atoms with Crippen molar-refractivity contribution in [3.63, 3.8) is 0 Å². The molecule has 122 valence electrons. The van der Waals surface area contributed by atoms with Crippen molar-refractivity contribution in [1.29, 1.82) is 0 Å². The van der Waals surface area contributed by atoms with Gasteiger partial charge in [0, 0.05) is 19.6 Å². The third kappa shape index (κ3) is 11.7. The van der Waals surface area contributed by atoms with E-state index < -0.39 is 0 Å². The maximum Gasteiger partial charge on any atom is 0.165 e. The van der Waals surface area contributed by atoms with Crippen LogP contribution < -0.4 is 0 Å². The minimum atomic E-state index is -0.260. The van der Waals surface area contributed by atoms with Gasteiger partial charge in [0.15, 0.2) is 5.79 Å². The predicted octanol–water partition coefficient (Wildman–Crippen LogP) is 4.93. The van der Waals surface area contributed by atoms with Crippen LogP contribution in [0.25, 0.3) is 0 Å². The van der Waals surface area contributed by atoms with E-state index >= 15 is 0 Å². The van der Waals surface area contributed by atoms with Crippen LogP contribution in [0.1, 0.15) is 79.1 Å². The van der Waals surface area contributed by atoms with Crippen LogP contribution in [0.15, 0.2) is 0 Å². The van der Waals surface area contributed by atoms with Gasteiger partial charge in [-0.2, -0.15) is 0 Å². The van der Waals surface area contributed by atoms with Crippen molar-refractivity contribution in [3.05, 3.63) is 0 Å². The zero-order chi connectivity index (χ0) is 15.1. The summed E-state index contributed by atoms with van der Waals surface area (Å²) in [5, 5.41) is 0. The van der Waals surface area contributed by atoms with Crippen molar-refractivity contribution < 1.29 is 14.2 Å². The first-order chi connectivity index (χ1) is 9.68. The Bertz CT molecular complexity index is 187. The van der Waals surface area contributed by atoms with Crippen molar-refractivity contribution in [1.82, 2.24) is 0 Å². The molecule has 0 saturated carbocycles. The molecule has 1 aliphatic rings. The molecule has 0 radical (unpaired) electrons. The molecular weight excluding hydrogens is 252 g/mol. The average Bonchev–Trinajstić information content (AvgIpc) is 2.87. The van der Waals surface area contributed by atoms with Gasteiger partial charge in [0.2, 0.25) is 0 Å². The van der Waals surface area contributed by atoms with Crippen LogP contribution in [0.4, 0.5) is 0 Å². The molecule has 1 heterocycles. The number of hydrogen-bond donors (Lipinski definition) is 0. The molecule has 0 aliphatic carbocycles. The summed E-state index contributed by atoms with van der Waals surface area (Å²) in [5.41, 5.74) is 0. The van der Waals surface area contributed by atoms with Crippen LogP contribution >= 0.6 is 0 Å². The van der Waals surface area contributed by atoms with Crippen LogP contribution in [0, 0.1) is 0 Å². The molecule has 3 heteroatoms. The molecule has 1 unspecified atom stereocenters. The maximum absolute atomic E-state index is 5.77. The second-order valence-electron chi connectivity index (χ2n) is 5.48. The topological polar surface area (TPSA) is 27.7 Å². The van der Waals surface area contributed by atoms with Crippen molar-refractivity contribution in [2.45, 2.75) is 84.8 Å². The Kier molecular flexibility index (Phi) is 13.8. The minimum Gasteiger partial charge on any atom is -0.382 e. The Balaban J connectivity index is 0.000000621. The fourth-order valence-electron chi connectivity index (χ4n) is 2.24. The molecule has 0 aromatic carbocycles. The highest BCUT2D eigenvalue weighted by molar-refractivity contribution is 4.69. The van der Waals surface area contributed by atoms with Gasteiger partial charge in [0.1, 0.15) is 0 Å². The van der Waals surface area contributed by atoms with Gasteiger partial charge >= 0.3 is 0 Å². The first-order valence-corrected chi connectivity index (χ1v) is 8.54. The molecule has 3 nitrogen and oxygen atoms in total. The Hall–Kier alpha value is -0.120. The Morgan fingerprint density at radius 2 is 1.60 bits per heavy atom. The van der Waals surface area contributed by atoms with E-state index in [9.17, 15) is 0 Å². The van der Waals surface area contributed by atoms with Gasteiger partial charge in [-0.05, 0) is 33.6 Å². The first-order valence-electron chi connectivity index (χ1n) is 8.54. The summed E-state index contributed by atoms with van der Waals surface area (Å²) in [6, 6.07) is 0. The van der Waals surface area contributed by atoms with Gasteiger partial charge in [-0.15, -0.1) is 0 Å². The molecule has 0 aromatic rings. The predicted molar refractivity (Wildman–Crippen MR) is 85.1 cm³/mol. The standard InChI is InChI=1S/C13H26O2.C4H10O/c1-3-4-5-6-7-8-11-14-13(2)10-9-12-15-13;1-3-5-4-2/h3-12H2,1-2H3;3-4H2,1-2H3. The van der Waals surface area contributed by atoms with E-state index in [-0.39, 0.29) is 5.79 Å². The number of rotatable bonds is 10. The molecule has 1 rings (SSSR count). The lowest BCUT2D eigenvalue weighted by atomic mass is 10.1. The summed E-state index contributed by atoms with van der Waals surface area (Å²) >= 11 is 0. The molecule has 1 fully saturated rings. The van der Waals surface area contributed by atoms with Crippen LogP contribution in [0.5, 0.6) is 0 Å². The zero-order valence-corrected chi connectivity index (χ0v) is 14.2. The quantitative estimate of drug-likeness (QED) is 0.533. The lowest BCUT2D eigenvalue weighted by Gasteiger charge is -2.23. The average molecular weight is 288 g/mol. The van der Waals surface area contributed by atoms with Gasteiger partial charge in [-0.3, -0.25) is 0 Å². The third-order valence-electron chi connectivity index (χ3n) is 3.50. The smallest absolute Gasteiger partial charge is 0.165 e. The van der Waals surface area contributed by atoms with Crippen molar-refractivity contribution in [2.75, 3.05) is 26.4 Å². The zero-order valence-electron chi connectivity index (χ0n) is 14.2. The monoisotopic (exact) mass is 288 g/mol. The van der Waals surface area contributed by atoms with E-state index in [1.54, 1.807) is 0 Å². The molecule has 20 heavy (non-hydrogen) atoms. The Labute approximate surface area is 126 Å². The summed E-state index contributed by atoms with van der Waals surface area (Å²) in [4.78, 5) is 0. The molecule has 0 spiro atoms. The van der Waals surface area contributed by atoms with Crippen molar-refractivity contribution in [2.24, 2.45) is 0 Å². The second kappa shape index (κ2) is 13.8. The lowest BCUT2D eigenvalue weighted by molar-refractivity contribution is -0.197. The van der Waals surface area contributed by atoms with Crippen LogP contribution in [-0.4, -0.2) is 32.2 Å². The van der Waals surface area contributed by atoms with Gasteiger partial charge in [-0.25, -0.2) is 0 Å². The van der Waals surface area contributed by atoms with Crippen LogP contribution in [0.3, 0.4) is 0 Å². The molecular formula is C17H36O3. The van der Waals surface area contributed by atoms with E-state index in [0.29, 0.717) is 0 Å². The number of hydrogen-bond acceptors (Lipinski definition) is 3. The molecule has 1 atom stereocenters.